The summed E-state index contributed by atoms with van der Waals surface area (Å²) in [5.74, 6) is 1.72. The molecule has 2 N–H and O–H groups in total. The van der Waals surface area contributed by atoms with E-state index in [9.17, 15) is 0 Å². The normalized spacial score (nSPS) is 10.9. The predicted molar refractivity (Wildman–Crippen MR) is 108 cm³/mol. The zero-order valence-corrected chi connectivity index (χ0v) is 17.0. The molecule has 2 aromatic rings. The largest absolute Gasteiger partial charge is 0.496 e. The maximum absolute atomic E-state index is 5.36. The van der Waals surface area contributed by atoms with E-state index in [1.165, 1.54) is 5.56 Å². The molecule has 0 aliphatic rings. The van der Waals surface area contributed by atoms with Gasteiger partial charge in [0.2, 0.25) is 0 Å². The summed E-state index contributed by atoms with van der Waals surface area (Å²) in [7, 11) is 5.38. The zero-order valence-electron chi connectivity index (χ0n) is 14.7. The molecule has 0 bridgehead atoms. The van der Waals surface area contributed by atoms with Gasteiger partial charge in [-0.15, -0.1) is 24.0 Å². The van der Waals surface area contributed by atoms with Crippen LogP contribution in [0.3, 0.4) is 0 Å². The van der Waals surface area contributed by atoms with Crippen molar-refractivity contribution >= 4 is 29.9 Å². The van der Waals surface area contributed by atoms with Gasteiger partial charge < -0.3 is 15.4 Å². The Morgan fingerprint density at radius 3 is 2.71 bits per heavy atom. The van der Waals surface area contributed by atoms with E-state index in [1.807, 2.05) is 26.4 Å². The second kappa shape index (κ2) is 10.2. The average Bonchev–Trinajstić information content (AvgIpc) is 2.97. The topological polar surface area (TPSA) is 63.5 Å². The first-order valence-electron chi connectivity index (χ1n) is 7.68. The maximum atomic E-state index is 5.36. The quantitative estimate of drug-likeness (QED) is 0.409. The highest BCUT2D eigenvalue weighted by atomic mass is 127. The van der Waals surface area contributed by atoms with E-state index in [4.69, 9.17) is 4.74 Å². The van der Waals surface area contributed by atoms with Crippen LogP contribution in [-0.4, -0.2) is 36.4 Å². The lowest BCUT2D eigenvalue weighted by Crippen LogP contribution is -2.37. The fourth-order valence-corrected chi connectivity index (χ4v) is 2.31. The molecule has 0 radical (unpaired) electrons. The molecule has 2 rings (SSSR count). The molecular weight excluding hydrogens is 417 g/mol. The van der Waals surface area contributed by atoms with Crippen LogP contribution in [0.5, 0.6) is 5.75 Å². The summed E-state index contributed by atoms with van der Waals surface area (Å²) >= 11 is 0. The van der Waals surface area contributed by atoms with Gasteiger partial charge in [-0.3, -0.25) is 9.67 Å². The molecule has 1 aromatic heterocycles. The van der Waals surface area contributed by atoms with Crippen LogP contribution < -0.4 is 15.4 Å². The van der Waals surface area contributed by atoms with Crippen molar-refractivity contribution in [2.45, 2.75) is 19.9 Å². The number of halogens is 1. The molecule has 0 atom stereocenters. The Morgan fingerprint density at radius 2 is 2.08 bits per heavy atom. The van der Waals surface area contributed by atoms with Crippen LogP contribution >= 0.6 is 24.0 Å². The molecule has 1 aromatic carbocycles. The number of aromatic nitrogens is 2. The number of nitrogens with zero attached hydrogens (tertiary/aromatic N) is 3. The molecule has 7 heteroatoms. The summed E-state index contributed by atoms with van der Waals surface area (Å²) in [6, 6.07) is 6.30. The van der Waals surface area contributed by atoms with Crippen LogP contribution in [0.25, 0.3) is 0 Å². The lowest BCUT2D eigenvalue weighted by Gasteiger charge is -2.12. The highest BCUT2D eigenvalue weighted by Gasteiger charge is 2.02. The highest BCUT2D eigenvalue weighted by molar-refractivity contribution is 14.0. The maximum Gasteiger partial charge on any atom is 0.191 e. The molecule has 0 aliphatic heterocycles. The summed E-state index contributed by atoms with van der Waals surface area (Å²) in [5, 5.41) is 10.7. The van der Waals surface area contributed by atoms with Gasteiger partial charge in [0.25, 0.3) is 0 Å². The van der Waals surface area contributed by atoms with Crippen molar-refractivity contribution in [3.05, 3.63) is 47.3 Å². The summed E-state index contributed by atoms with van der Waals surface area (Å²) < 4.78 is 7.15. The number of hydrogen-bond acceptors (Lipinski definition) is 3. The number of benzene rings is 1. The third-order valence-corrected chi connectivity index (χ3v) is 3.62. The number of guanidine groups is 1. The van der Waals surface area contributed by atoms with Crippen LogP contribution in [0.4, 0.5) is 0 Å². The van der Waals surface area contributed by atoms with Gasteiger partial charge in [-0.2, -0.15) is 5.10 Å². The number of aryl methyl sites for hydroxylation is 2. The van der Waals surface area contributed by atoms with Crippen molar-refractivity contribution in [3.8, 4) is 5.75 Å². The van der Waals surface area contributed by atoms with E-state index in [-0.39, 0.29) is 24.0 Å². The molecule has 0 saturated carbocycles. The summed E-state index contributed by atoms with van der Waals surface area (Å²) in [6.07, 6.45) is 4.74. The average molecular weight is 443 g/mol. The highest BCUT2D eigenvalue weighted by Crippen LogP contribution is 2.18. The van der Waals surface area contributed by atoms with Crippen molar-refractivity contribution in [2.75, 3.05) is 20.7 Å². The van der Waals surface area contributed by atoms with E-state index in [1.54, 1.807) is 18.8 Å². The molecule has 1 heterocycles. The third-order valence-electron chi connectivity index (χ3n) is 3.62. The zero-order chi connectivity index (χ0) is 16.7. The monoisotopic (exact) mass is 443 g/mol. The lowest BCUT2D eigenvalue weighted by atomic mass is 10.1. The van der Waals surface area contributed by atoms with Gasteiger partial charge in [-0.05, 0) is 30.5 Å². The molecule has 6 nitrogen and oxygen atoms in total. The lowest BCUT2D eigenvalue weighted by molar-refractivity contribution is 0.411. The van der Waals surface area contributed by atoms with Gasteiger partial charge in [0.05, 0.1) is 13.3 Å². The standard InChI is InChI=1S/C17H25N5O.HI/c1-13-5-6-14(9-16(13)23-4)7-8-19-17(18-2)20-10-15-11-21-22(3)12-15;/h5-6,9,11-12H,7-8,10H2,1-4H3,(H2,18,19,20);1H. The summed E-state index contributed by atoms with van der Waals surface area (Å²) in [4.78, 5) is 4.23. The fraction of sp³-hybridized carbons (Fsp3) is 0.412. The van der Waals surface area contributed by atoms with E-state index in [0.717, 1.165) is 35.8 Å². The van der Waals surface area contributed by atoms with Crippen molar-refractivity contribution in [1.29, 1.82) is 0 Å². The molecule has 0 saturated heterocycles. The van der Waals surface area contributed by atoms with Gasteiger partial charge in [-0.1, -0.05) is 12.1 Å². The first-order valence-corrected chi connectivity index (χ1v) is 7.68. The van der Waals surface area contributed by atoms with Crippen LogP contribution in [-0.2, 0) is 20.0 Å². The minimum absolute atomic E-state index is 0. The predicted octanol–water partition coefficient (Wildman–Crippen LogP) is 2.26. The van der Waals surface area contributed by atoms with Gasteiger partial charge in [0, 0.05) is 38.9 Å². The molecule has 132 valence electrons. The molecule has 0 unspecified atom stereocenters. The summed E-state index contributed by atoms with van der Waals surface area (Å²) in [6.45, 7) is 3.55. The molecule has 24 heavy (non-hydrogen) atoms. The Hall–Kier alpha value is -1.77. The molecule has 0 aliphatic carbocycles. The Kier molecular flexibility index (Phi) is 8.59. The Balaban J connectivity index is 0.00000288. The minimum Gasteiger partial charge on any atom is -0.496 e. The number of nitrogens with one attached hydrogen (secondary N) is 2. The molecule has 0 fully saturated rings. The third kappa shape index (κ3) is 6.03. The first-order chi connectivity index (χ1) is 11.1. The number of ether oxygens (including phenoxy) is 1. The molecular formula is C17H26IN5O. The van der Waals surface area contributed by atoms with E-state index in [0.29, 0.717) is 6.54 Å². The Labute approximate surface area is 160 Å². The number of rotatable bonds is 6. The van der Waals surface area contributed by atoms with Crippen LogP contribution in [0.15, 0.2) is 35.6 Å². The number of hydrogen-bond donors (Lipinski definition) is 2. The summed E-state index contributed by atoms with van der Waals surface area (Å²) in [5.41, 5.74) is 3.51. The van der Waals surface area contributed by atoms with Gasteiger partial charge in [-0.25, -0.2) is 0 Å². The molecule has 0 amide bonds. The first kappa shape index (κ1) is 20.3. The van der Waals surface area contributed by atoms with Crippen molar-refractivity contribution in [2.24, 2.45) is 12.0 Å². The second-order valence-electron chi connectivity index (χ2n) is 5.43. The van der Waals surface area contributed by atoms with Crippen LogP contribution in [0.2, 0.25) is 0 Å². The van der Waals surface area contributed by atoms with E-state index >= 15 is 0 Å². The number of aliphatic imine (C=N–C) groups is 1. The van der Waals surface area contributed by atoms with Crippen LogP contribution in [0, 0.1) is 6.92 Å². The Morgan fingerprint density at radius 1 is 1.29 bits per heavy atom. The Bertz CT molecular complexity index is 669. The second-order valence-corrected chi connectivity index (χ2v) is 5.43. The van der Waals surface area contributed by atoms with Gasteiger partial charge >= 0.3 is 0 Å². The van der Waals surface area contributed by atoms with Crippen molar-refractivity contribution in [3.63, 3.8) is 0 Å². The van der Waals surface area contributed by atoms with Crippen molar-refractivity contribution in [1.82, 2.24) is 20.4 Å². The molecule has 0 spiro atoms. The SMILES string of the molecule is CN=C(NCCc1ccc(C)c(OC)c1)NCc1cnn(C)c1.I. The smallest absolute Gasteiger partial charge is 0.191 e. The van der Waals surface area contributed by atoms with E-state index < -0.39 is 0 Å². The van der Waals surface area contributed by atoms with Gasteiger partial charge in [0.1, 0.15) is 5.75 Å². The van der Waals surface area contributed by atoms with Crippen molar-refractivity contribution < 1.29 is 4.74 Å². The minimum atomic E-state index is 0. The van der Waals surface area contributed by atoms with Crippen LogP contribution in [0.1, 0.15) is 16.7 Å². The van der Waals surface area contributed by atoms with E-state index in [2.05, 4.69) is 38.9 Å². The fourth-order valence-electron chi connectivity index (χ4n) is 2.31. The number of methoxy groups -OCH3 is 1. The van der Waals surface area contributed by atoms with Gasteiger partial charge in [0.15, 0.2) is 5.96 Å².